The summed E-state index contributed by atoms with van der Waals surface area (Å²) in [6.07, 6.45) is 3.43. The van der Waals surface area contributed by atoms with Gasteiger partial charge in [0, 0.05) is 28.2 Å². The van der Waals surface area contributed by atoms with E-state index in [1.807, 2.05) is 49.4 Å². The van der Waals surface area contributed by atoms with E-state index in [1.54, 1.807) is 17.0 Å². The number of aromatic amines is 1. The molecule has 158 valence electrons. The first-order chi connectivity index (χ1) is 15.1. The highest BCUT2D eigenvalue weighted by Gasteiger charge is 2.48. The molecule has 2 atom stereocenters. The van der Waals surface area contributed by atoms with Crippen molar-refractivity contribution in [2.45, 2.75) is 38.6 Å². The van der Waals surface area contributed by atoms with Crippen LogP contribution in [0.1, 0.15) is 41.7 Å². The molecule has 6 nitrogen and oxygen atoms in total. The first-order valence-electron chi connectivity index (χ1n) is 10.9. The van der Waals surface area contributed by atoms with Crippen LogP contribution in [0.2, 0.25) is 0 Å². The molecule has 2 aliphatic rings. The maximum Gasteiger partial charge on any atom is 0.332 e. The first kappa shape index (κ1) is 19.5. The number of H-pyrrole nitrogens is 1. The minimum atomic E-state index is -0.398. The average molecular weight is 415 g/mol. The zero-order chi connectivity index (χ0) is 21.5. The number of benzene rings is 2. The van der Waals surface area contributed by atoms with Crippen LogP contribution in [0.3, 0.4) is 0 Å². The molecule has 2 heterocycles. The second-order valence-corrected chi connectivity index (χ2v) is 8.47. The molecule has 1 aliphatic heterocycles. The van der Waals surface area contributed by atoms with Crippen molar-refractivity contribution in [1.82, 2.24) is 9.88 Å². The van der Waals surface area contributed by atoms with E-state index in [4.69, 9.17) is 0 Å². The number of imide groups is 1. The minimum Gasteiger partial charge on any atom is -0.358 e. The van der Waals surface area contributed by atoms with Gasteiger partial charge in [0.15, 0.2) is 5.78 Å². The van der Waals surface area contributed by atoms with Crippen molar-refractivity contribution in [3.63, 3.8) is 0 Å². The van der Waals surface area contributed by atoms with Crippen molar-refractivity contribution in [2.75, 3.05) is 11.4 Å². The number of rotatable bonds is 4. The number of carbonyl (C=O) groups is 3. The van der Waals surface area contributed by atoms with Crippen molar-refractivity contribution in [1.29, 1.82) is 0 Å². The van der Waals surface area contributed by atoms with Gasteiger partial charge in [0.25, 0.3) is 0 Å². The summed E-state index contributed by atoms with van der Waals surface area (Å²) in [5.41, 5.74) is 2.89. The quantitative estimate of drug-likeness (QED) is 0.629. The number of anilines is 1. The second kappa shape index (κ2) is 7.69. The zero-order valence-corrected chi connectivity index (χ0v) is 17.5. The van der Waals surface area contributed by atoms with Gasteiger partial charge in [0.05, 0.1) is 18.2 Å². The predicted octanol–water partition coefficient (Wildman–Crippen LogP) is 4.69. The van der Waals surface area contributed by atoms with Gasteiger partial charge in [0.2, 0.25) is 5.91 Å². The highest BCUT2D eigenvalue weighted by molar-refractivity contribution is 6.18. The molecule has 1 N–H and O–H groups in total. The minimum absolute atomic E-state index is 0.0285. The molecule has 1 aromatic heterocycles. The lowest BCUT2D eigenvalue weighted by Gasteiger charge is -2.46. The van der Waals surface area contributed by atoms with Crippen LogP contribution in [0.25, 0.3) is 10.9 Å². The number of nitrogens with zero attached hydrogens (tertiary/aromatic N) is 2. The highest BCUT2D eigenvalue weighted by Crippen LogP contribution is 2.37. The molecule has 1 aliphatic carbocycles. The Morgan fingerprint density at radius 3 is 2.52 bits per heavy atom. The summed E-state index contributed by atoms with van der Waals surface area (Å²) in [6, 6.07) is 16.1. The summed E-state index contributed by atoms with van der Waals surface area (Å²) < 4.78 is 0. The molecule has 0 radical (unpaired) electrons. The van der Waals surface area contributed by atoms with Gasteiger partial charge in [0.1, 0.15) is 0 Å². The summed E-state index contributed by atoms with van der Waals surface area (Å²) in [5, 5.41) is 0.866. The van der Waals surface area contributed by atoms with Crippen LogP contribution in [0.15, 0.2) is 54.6 Å². The smallest absolute Gasteiger partial charge is 0.332 e. The fourth-order valence-electron chi connectivity index (χ4n) is 5.17. The Labute approximate surface area is 180 Å². The van der Waals surface area contributed by atoms with E-state index < -0.39 is 6.03 Å². The lowest BCUT2D eigenvalue weighted by Crippen LogP contribution is -2.63. The van der Waals surface area contributed by atoms with E-state index in [9.17, 15) is 14.4 Å². The summed E-state index contributed by atoms with van der Waals surface area (Å²) >= 11 is 0. The second-order valence-electron chi connectivity index (χ2n) is 8.47. The largest absolute Gasteiger partial charge is 0.358 e. The van der Waals surface area contributed by atoms with E-state index >= 15 is 0 Å². The zero-order valence-electron chi connectivity index (χ0n) is 17.5. The number of aryl methyl sites for hydroxylation is 1. The lowest BCUT2D eigenvalue weighted by atomic mass is 9.81. The third-order valence-corrected chi connectivity index (χ3v) is 6.61. The Morgan fingerprint density at radius 1 is 1.00 bits per heavy atom. The van der Waals surface area contributed by atoms with Crippen LogP contribution in [0, 0.1) is 12.8 Å². The topological polar surface area (TPSA) is 73.5 Å². The molecule has 3 amide bonds. The number of hydrogen-bond acceptors (Lipinski definition) is 3. The molecule has 2 aromatic carbocycles. The fourth-order valence-corrected chi connectivity index (χ4v) is 5.17. The van der Waals surface area contributed by atoms with E-state index in [-0.39, 0.29) is 30.2 Å². The fraction of sp³-hybridized carbons (Fsp3) is 0.320. The monoisotopic (exact) mass is 415 g/mol. The number of nitrogens with one attached hydrogen (secondary N) is 1. The van der Waals surface area contributed by atoms with E-state index in [0.29, 0.717) is 11.3 Å². The SMILES string of the molecule is Cc1[nH]c2ccccc2c1C(=O)CN1C(=O)N(c2ccccc2)C(=O)C2CCCCC21. The first-order valence-corrected chi connectivity index (χ1v) is 10.9. The van der Waals surface area contributed by atoms with Crippen LogP contribution < -0.4 is 4.90 Å². The molecule has 2 unspecified atom stereocenters. The number of fused-ring (bicyclic) bond motifs is 2. The van der Waals surface area contributed by atoms with Crippen molar-refractivity contribution >= 4 is 34.3 Å². The van der Waals surface area contributed by atoms with Crippen LogP contribution in [-0.2, 0) is 4.79 Å². The van der Waals surface area contributed by atoms with Crippen LogP contribution in [-0.4, -0.2) is 40.2 Å². The van der Waals surface area contributed by atoms with Crippen molar-refractivity contribution in [2.24, 2.45) is 5.92 Å². The summed E-state index contributed by atoms with van der Waals surface area (Å²) in [4.78, 5) is 46.4. The van der Waals surface area contributed by atoms with Gasteiger partial charge < -0.3 is 9.88 Å². The van der Waals surface area contributed by atoms with Crippen LogP contribution >= 0.6 is 0 Å². The predicted molar refractivity (Wildman–Crippen MR) is 119 cm³/mol. The van der Waals surface area contributed by atoms with E-state index in [1.165, 1.54) is 4.90 Å². The maximum atomic E-state index is 13.5. The van der Waals surface area contributed by atoms with E-state index in [2.05, 4.69) is 4.98 Å². The normalized spacial score (nSPS) is 21.5. The molecule has 0 spiro atoms. The number of aromatic nitrogens is 1. The van der Waals surface area contributed by atoms with Crippen LogP contribution in [0.5, 0.6) is 0 Å². The number of carbonyl (C=O) groups excluding carboxylic acids is 3. The number of para-hydroxylation sites is 2. The molecule has 2 fully saturated rings. The van der Waals surface area contributed by atoms with E-state index in [0.717, 1.165) is 42.3 Å². The van der Waals surface area contributed by atoms with Gasteiger partial charge in [-0.25, -0.2) is 9.69 Å². The van der Waals surface area contributed by atoms with Gasteiger partial charge in [-0.2, -0.15) is 0 Å². The maximum absolute atomic E-state index is 13.5. The van der Waals surface area contributed by atoms with Crippen molar-refractivity contribution in [3.8, 4) is 0 Å². The third kappa shape index (κ3) is 3.23. The Hall–Kier alpha value is -3.41. The molecule has 6 heteroatoms. The summed E-state index contributed by atoms with van der Waals surface area (Å²) in [5.74, 6) is -0.508. The Bertz CT molecular complexity index is 1170. The molecule has 5 rings (SSSR count). The average Bonchev–Trinajstić information content (AvgIpc) is 3.13. The molecule has 31 heavy (non-hydrogen) atoms. The Kier molecular flexibility index (Phi) is 4.85. The lowest BCUT2D eigenvalue weighted by molar-refractivity contribution is -0.126. The number of ketones is 1. The molecule has 1 saturated carbocycles. The van der Waals surface area contributed by atoms with Gasteiger partial charge >= 0.3 is 6.03 Å². The van der Waals surface area contributed by atoms with Gasteiger partial charge in [-0.05, 0) is 38.0 Å². The molecular weight excluding hydrogens is 390 g/mol. The molecular formula is C25H25N3O3. The van der Waals surface area contributed by atoms with Gasteiger partial charge in [-0.1, -0.05) is 49.2 Å². The molecule has 1 saturated heterocycles. The molecule has 3 aromatic rings. The summed E-state index contributed by atoms with van der Waals surface area (Å²) in [6.45, 7) is 1.85. The number of urea groups is 1. The Balaban J connectivity index is 1.51. The molecule has 0 bridgehead atoms. The van der Waals surface area contributed by atoms with Gasteiger partial charge in [-0.15, -0.1) is 0 Å². The standard InChI is InChI=1S/C25H25N3O3/c1-16-23(18-11-5-7-13-20(18)26-16)22(29)15-27-21-14-8-6-12-19(21)24(30)28(25(27)31)17-9-3-2-4-10-17/h2-5,7,9-11,13,19,21,26H,6,8,12,14-15H2,1H3. The van der Waals surface area contributed by atoms with Crippen molar-refractivity contribution in [3.05, 3.63) is 65.9 Å². The van der Waals surface area contributed by atoms with Crippen molar-refractivity contribution < 1.29 is 14.4 Å². The van der Waals surface area contributed by atoms with Gasteiger partial charge in [-0.3, -0.25) is 9.59 Å². The third-order valence-electron chi connectivity index (χ3n) is 6.61. The number of amides is 3. The number of Topliss-reactive ketones (excluding diaryl/α,β-unsaturated/α-hetero) is 1. The van der Waals surface area contributed by atoms with Crippen LogP contribution in [0.4, 0.5) is 10.5 Å². The number of hydrogen-bond donors (Lipinski definition) is 1. The Morgan fingerprint density at radius 2 is 1.71 bits per heavy atom. The summed E-state index contributed by atoms with van der Waals surface area (Å²) in [7, 11) is 0. The highest BCUT2D eigenvalue weighted by atomic mass is 16.2.